The Kier molecular flexibility index (Phi) is 5.60. The molecule has 0 amide bonds. The summed E-state index contributed by atoms with van der Waals surface area (Å²) < 4.78 is 2.37. The van der Waals surface area contributed by atoms with E-state index in [1.807, 2.05) is 0 Å². The molecule has 3 heteroatoms. The molecule has 1 aromatic carbocycles. The molecule has 0 fully saturated rings. The summed E-state index contributed by atoms with van der Waals surface area (Å²) in [7, 11) is 0. The van der Waals surface area contributed by atoms with Gasteiger partial charge in [0.1, 0.15) is 5.82 Å². The van der Waals surface area contributed by atoms with Crippen molar-refractivity contribution in [3.05, 3.63) is 29.6 Å². The van der Waals surface area contributed by atoms with Gasteiger partial charge in [-0.3, -0.25) is 0 Å². The normalized spacial score (nSPS) is 11.3. The fraction of sp³-hybridized carbons (Fsp3) is 0.588. The molecular formula is C17H27N3. The Morgan fingerprint density at radius 2 is 2.00 bits per heavy atom. The van der Waals surface area contributed by atoms with Crippen LogP contribution in [0.15, 0.2) is 18.2 Å². The molecule has 0 aliphatic heterocycles. The van der Waals surface area contributed by atoms with Gasteiger partial charge in [-0.2, -0.15) is 0 Å². The van der Waals surface area contributed by atoms with Crippen LogP contribution in [0.2, 0.25) is 0 Å². The van der Waals surface area contributed by atoms with E-state index in [-0.39, 0.29) is 0 Å². The van der Waals surface area contributed by atoms with Crippen LogP contribution in [0, 0.1) is 0 Å². The zero-order chi connectivity index (χ0) is 14.4. The predicted octanol–water partition coefficient (Wildman–Crippen LogP) is 3.68. The first kappa shape index (κ1) is 15.0. The molecule has 0 aliphatic rings. The number of hydrogen-bond acceptors (Lipinski definition) is 2. The van der Waals surface area contributed by atoms with Crippen LogP contribution in [0.4, 0.5) is 0 Å². The average molecular weight is 273 g/mol. The van der Waals surface area contributed by atoms with E-state index in [9.17, 15) is 0 Å². The number of nitrogens with two attached hydrogens (primary N) is 1. The Morgan fingerprint density at radius 3 is 2.70 bits per heavy atom. The predicted molar refractivity (Wildman–Crippen MR) is 86.0 cm³/mol. The SMILES string of the molecule is CCCCCCn1c(CCN)nc2cc(CC)ccc21. The number of imidazole rings is 1. The van der Waals surface area contributed by atoms with Crippen LogP contribution < -0.4 is 5.73 Å². The van der Waals surface area contributed by atoms with Crippen LogP contribution in [0.25, 0.3) is 11.0 Å². The lowest BCUT2D eigenvalue weighted by atomic mass is 10.1. The van der Waals surface area contributed by atoms with Crippen molar-refractivity contribution in [1.29, 1.82) is 0 Å². The van der Waals surface area contributed by atoms with Gasteiger partial charge in [-0.1, -0.05) is 39.2 Å². The number of aromatic nitrogens is 2. The molecule has 110 valence electrons. The summed E-state index contributed by atoms with van der Waals surface area (Å²) in [5.74, 6) is 1.15. The molecule has 3 nitrogen and oxygen atoms in total. The van der Waals surface area contributed by atoms with Crippen molar-refractivity contribution in [3.8, 4) is 0 Å². The molecule has 0 unspecified atom stereocenters. The molecule has 0 saturated carbocycles. The summed E-state index contributed by atoms with van der Waals surface area (Å²) in [6.07, 6.45) is 7.05. The van der Waals surface area contributed by atoms with Gasteiger partial charge in [-0.05, 0) is 37.1 Å². The van der Waals surface area contributed by atoms with Crippen LogP contribution in [-0.2, 0) is 19.4 Å². The van der Waals surface area contributed by atoms with Crippen molar-refractivity contribution in [2.45, 2.75) is 58.9 Å². The quantitative estimate of drug-likeness (QED) is 0.746. The molecule has 0 radical (unpaired) electrons. The average Bonchev–Trinajstić information content (AvgIpc) is 2.80. The van der Waals surface area contributed by atoms with Gasteiger partial charge in [0, 0.05) is 13.0 Å². The maximum Gasteiger partial charge on any atom is 0.111 e. The van der Waals surface area contributed by atoms with Crippen molar-refractivity contribution >= 4 is 11.0 Å². The smallest absolute Gasteiger partial charge is 0.111 e. The molecule has 0 aliphatic carbocycles. The van der Waals surface area contributed by atoms with Crippen LogP contribution in [-0.4, -0.2) is 16.1 Å². The first-order chi connectivity index (χ1) is 9.80. The minimum absolute atomic E-state index is 0.666. The molecule has 2 aromatic rings. The third-order valence-electron chi connectivity index (χ3n) is 3.90. The van der Waals surface area contributed by atoms with Gasteiger partial charge in [0.25, 0.3) is 0 Å². The fourth-order valence-electron chi connectivity index (χ4n) is 2.71. The number of aryl methyl sites for hydroxylation is 2. The number of unbranched alkanes of at least 4 members (excludes halogenated alkanes) is 3. The minimum atomic E-state index is 0.666. The number of fused-ring (bicyclic) bond motifs is 1. The lowest BCUT2D eigenvalue weighted by molar-refractivity contribution is 0.574. The molecular weight excluding hydrogens is 246 g/mol. The molecule has 2 N–H and O–H groups in total. The molecule has 1 aromatic heterocycles. The first-order valence-electron chi connectivity index (χ1n) is 7.98. The first-order valence-corrected chi connectivity index (χ1v) is 7.98. The standard InChI is InChI=1S/C17H27N3/c1-3-5-6-7-12-20-16-9-8-14(4-2)13-15(16)19-17(20)10-11-18/h8-9,13H,3-7,10-12,18H2,1-2H3. The Morgan fingerprint density at radius 1 is 1.15 bits per heavy atom. The van der Waals surface area contributed by atoms with Gasteiger partial charge in [-0.25, -0.2) is 4.98 Å². The zero-order valence-corrected chi connectivity index (χ0v) is 12.9. The van der Waals surface area contributed by atoms with Crippen molar-refractivity contribution in [2.24, 2.45) is 5.73 Å². The lowest BCUT2D eigenvalue weighted by Gasteiger charge is -2.08. The van der Waals surface area contributed by atoms with E-state index in [0.717, 1.165) is 30.7 Å². The van der Waals surface area contributed by atoms with Gasteiger partial charge in [-0.15, -0.1) is 0 Å². The van der Waals surface area contributed by atoms with E-state index < -0.39 is 0 Å². The third-order valence-corrected chi connectivity index (χ3v) is 3.90. The van der Waals surface area contributed by atoms with Gasteiger partial charge in [0.2, 0.25) is 0 Å². The van der Waals surface area contributed by atoms with Crippen LogP contribution in [0.5, 0.6) is 0 Å². The van der Waals surface area contributed by atoms with Crippen molar-refractivity contribution in [1.82, 2.24) is 9.55 Å². The molecule has 20 heavy (non-hydrogen) atoms. The lowest BCUT2D eigenvalue weighted by Crippen LogP contribution is -2.10. The summed E-state index contributed by atoms with van der Waals surface area (Å²) in [5.41, 5.74) is 9.48. The number of benzene rings is 1. The van der Waals surface area contributed by atoms with Gasteiger partial charge < -0.3 is 10.3 Å². The largest absolute Gasteiger partial charge is 0.330 e. The molecule has 0 atom stereocenters. The highest BCUT2D eigenvalue weighted by Crippen LogP contribution is 2.20. The van der Waals surface area contributed by atoms with E-state index in [4.69, 9.17) is 10.7 Å². The van der Waals surface area contributed by atoms with E-state index in [1.165, 1.54) is 36.8 Å². The molecule has 1 heterocycles. The number of nitrogens with zero attached hydrogens (tertiary/aromatic N) is 2. The van der Waals surface area contributed by atoms with Crippen LogP contribution in [0.1, 0.15) is 50.9 Å². The minimum Gasteiger partial charge on any atom is -0.330 e. The summed E-state index contributed by atoms with van der Waals surface area (Å²) in [6, 6.07) is 6.66. The maximum atomic E-state index is 5.73. The Balaban J connectivity index is 2.25. The second-order valence-electron chi connectivity index (χ2n) is 5.46. The Bertz CT molecular complexity index is 542. The van der Waals surface area contributed by atoms with E-state index in [1.54, 1.807) is 0 Å². The van der Waals surface area contributed by atoms with Crippen molar-refractivity contribution in [2.75, 3.05) is 6.54 Å². The highest BCUT2D eigenvalue weighted by Gasteiger charge is 2.10. The van der Waals surface area contributed by atoms with Crippen LogP contribution >= 0.6 is 0 Å². The fourth-order valence-corrected chi connectivity index (χ4v) is 2.71. The maximum absolute atomic E-state index is 5.73. The molecule has 0 saturated heterocycles. The topological polar surface area (TPSA) is 43.8 Å². The molecule has 0 bridgehead atoms. The Hall–Kier alpha value is -1.35. The van der Waals surface area contributed by atoms with Crippen LogP contribution in [0.3, 0.4) is 0 Å². The monoisotopic (exact) mass is 273 g/mol. The second kappa shape index (κ2) is 7.44. The zero-order valence-electron chi connectivity index (χ0n) is 12.9. The van der Waals surface area contributed by atoms with Crippen molar-refractivity contribution in [3.63, 3.8) is 0 Å². The number of hydrogen-bond donors (Lipinski definition) is 1. The summed E-state index contributed by atoms with van der Waals surface area (Å²) >= 11 is 0. The van der Waals surface area contributed by atoms with E-state index >= 15 is 0 Å². The van der Waals surface area contributed by atoms with Gasteiger partial charge >= 0.3 is 0 Å². The third kappa shape index (κ3) is 3.40. The second-order valence-corrected chi connectivity index (χ2v) is 5.46. The van der Waals surface area contributed by atoms with E-state index in [2.05, 4.69) is 36.6 Å². The van der Waals surface area contributed by atoms with Gasteiger partial charge in [0.05, 0.1) is 11.0 Å². The summed E-state index contributed by atoms with van der Waals surface area (Å²) in [5, 5.41) is 0. The highest BCUT2D eigenvalue weighted by atomic mass is 15.1. The molecule has 2 rings (SSSR count). The highest BCUT2D eigenvalue weighted by molar-refractivity contribution is 5.77. The Labute approximate surface area is 122 Å². The van der Waals surface area contributed by atoms with Crippen molar-refractivity contribution < 1.29 is 0 Å². The molecule has 0 spiro atoms. The number of rotatable bonds is 8. The van der Waals surface area contributed by atoms with Gasteiger partial charge in [0.15, 0.2) is 0 Å². The summed E-state index contributed by atoms with van der Waals surface area (Å²) in [6.45, 7) is 6.17. The van der Waals surface area contributed by atoms with E-state index in [0.29, 0.717) is 6.54 Å². The summed E-state index contributed by atoms with van der Waals surface area (Å²) in [4.78, 5) is 4.79.